The highest BCUT2D eigenvalue weighted by Crippen LogP contribution is 2.31. The van der Waals surface area contributed by atoms with Crippen LogP contribution in [-0.4, -0.2) is 15.7 Å². The van der Waals surface area contributed by atoms with Gasteiger partial charge in [0.05, 0.1) is 18.5 Å². The van der Waals surface area contributed by atoms with Crippen molar-refractivity contribution >= 4 is 17.8 Å². The minimum atomic E-state index is -0.179. The third-order valence-corrected chi connectivity index (χ3v) is 3.53. The topological polar surface area (TPSA) is 60.1 Å². The van der Waals surface area contributed by atoms with Gasteiger partial charge in [0.15, 0.2) is 0 Å². The lowest BCUT2D eigenvalue weighted by atomic mass is 10.2. The number of amides is 1. The molecule has 2 aromatic heterocycles. The third-order valence-electron chi connectivity index (χ3n) is 3.53. The summed E-state index contributed by atoms with van der Waals surface area (Å²) in [6, 6.07) is 5.82. The summed E-state index contributed by atoms with van der Waals surface area (Å²) in [6.45, 7) is 0. The predicted molar refractivity (Wildman–Crippen MR) is 76.1 cm³/mol. The lowest BCUT2D eigenvalue weighted by Gasteiger charge is -2.13. The van der Waals surface area contributed by atoms with E-state index >= 15 is 0 Å². The van der Waals surface area contributed by atoms with Gasteiger partial charge in [0, 0.05) is 12.1 Å². The van der Waals surface area contributed by atoms with Gasteiger partial charge in [-0.15, -0.1) is 0 Å². The summed E-state index contributed by atoms with van der Waals surface area (Å²) in [5, 5.41) is 7.18. The van der Waals surface area contributed by atoms with Gasteiger partial charge in [-0.25, -0.2) is 4.68 Å². The van der Waals surface area contributed by atoms with Crippen molar-refractivity contribution in [3.63, 3.8) is 0 Å². The molecule has 0 spiro atoms. The lowest BCUT2D eigenvalue weighted by Crippen LogP contribution is -2.15. The second kappa shape index (κ2) is 5.77. The molecule has 2 heterocycles. The van der Waals surface area contributed by atoms with Crippen LogP contribution in [0, 0.1) is 0 Å². The van der Waals surface area contributed by atoms with Crippen LogP contribution in [0.4, 0.5) is 5.82 Å². The Hall–Kier alpha value is -2.30. The zero-order valence-electron chi connectivity index (χ0n) is 11.2. The van der Waals surface area contributed by atoms with E-state index in [2.05, 4.69) is 10.4 Å². The van der Waals surface area contributed by atoms with Crippen LogP contribution in [0.15, 0.2) is 41.2 Å². The SMILES string of the molecule is O=C(/C=C/c1ccco1)Nc1ccnn1C1CCCC1. The van der Waals surface area contributed by atoms with Crippen molar-refractivity contribution in [2.45, 2.75) is 31.7 Å². The zero-order valence-corrected chi connectivity index (χ0v) is 11.2. The quantitative estimate of drug-likeness (QED) is 0.868. The highest BCUT2D eigenvalue weighted by Gasteiger charge is 2.20. The Morgan fingerprint density at radius 3 is 3.00 bits per heavy atom. The predicted octanol–water partition coefficient (Wildman–Crippen LogP) is 3.24. The highest BCUT2D eigenvalue weighted by molar-refractivity contribution is 6.01. The second-order valence-corrected chi connectivity index (χ2v) is 4.94. The number of rotatable bonds is 4. The Kier molecular flexibility index (Phi) is 3.67. The van der Waals surface area contributed by atoms with Crippen LogP contribution < -0.4 is 5.32 Å². The maximum absolute atomic E-state index is 11.9. The summed E-state index contributed by atoms with van der Waals surface area (Å²) in [5.74, 6) is 1.23. The van der Waals surface area contributed by atoms with Crippen molar-refractivity contribution < 1.29 is 9.21 Å². The fourth-order valence-corrected chi connectivity index (χ4v) is 2.56. The number of furan rings is 1. The van der Waals surface area contributed by atoms with E-state index in [0.717, 1.165) is 18.7 Å². The molecule has 0 bridgehead atoms. The molecule has 0 aromatic carbocycles. The zero-order chi connectivity index (χ0) is 13.8. The van der Waals surface area contributed by atoms with Crippen LogP contribution in [0.3, 0.4) is 0 Å². The third kappa shape index (κ3) is 2.82. The summed E-state index contributed by atoms with van der Waals surface area (Å²) >= 11 is 0. The van der Waals surface area contributed by atoms with Crippen LogP contribution in [-0.2, 0) is 4.79 Å². The molecule has 1 fully saturated rings. The van der Waals surface area contributed by atoms with Gasteiger partial charge in [-0.1, -0.05) is 12.8 Å². The van der Waals surface area contributed by atoms with Crippen LogP contribution in [0.5, 0.6) is 0 Å². The number of nitrogens with one attached hydrogen (secondary N) is 1. The molecule has 0 saturated heterocycles. The molecule has 20 heavy (non-hydrogen) atoms. The van der Waals surface area contributed by atoms with Crippen molar-refractivity contribution in [3.05, 3.63) is 42.5 Å². The normalized spacial score (nSPS) is 16.0. The van der Waals surface area contributed by atoms with E-state index < -0.39 is 0 Å². The number of hydrogen-bond donors (Lipinski definition) is 1. The molecule has 1 N–H and O–H groups in total. The maximum atomic E-state index is 11.9. The fourth-order valence-electron chi connectivity index (χ4n) is 2.56. The smallest absolute Gasteiger partial charge is 0.249 e. The van der Waals surface area contributed by atoms with Crippen molar-refractivity contribution in [1.82, 2.24) is 9.78 Å². The Bertz CT molecular complexity index is 592. The molecular formula is C15H17N3O2. The molecule has 0 atom stereocenters. The molecule has 0 radical (unpaired) electrons. The summed E-state index contributed by atoms with van der Waals surface area (Å²) in [5.41, 5.74) is 0. The van der Waals surface area contributed by atoms with Crippen molar-refractivity contribution in [2.24, 2.45) is 0 Å². The fraction of sp³-hybridized carbons (Fsp3) is 0.333. The Balaban J connectivity index is 1.65. The average Bonchev–Trinajstić information content (AvgIpc) is 3.18. The number of carbonyl (C=O) groups excluding carboxylic acids is 1. The number of hydrogen-bond acceptors (Lipinski definition) is 3. The molecule has 5 nitrogen and oxygen atoms in total. The molecule has 104 valence electrons. The number of nitrogens with zero attached hydrogens (tertiary/aromatic N) is 2. The first kappa shape index (κ1) is 12.7. The standard InChI is InChI=1S/C15H17N3O2/c19-15(8-7-13-6-3-11-20-13)17-14-9-10-16-18(14)12-4-1-2-5-12/h3,6-12H,1-2,4-5H2,(H,17,19)/b8-7+. The summed E-state index contributed by atoms with van der Waals surface area (Å²) in [6.07, 6.45) is 11.1. The van der Waals surface area contributed by atoms with E-state index in [0.29, 0.717) is 11.8 Å². The lowest BCUT2D eigenvalue weighted by molar-refractivity contribution is -0.111. The van der Waals surface area contributed by atoms with Crippen LogP contribution >= 0.6 is 0 Å². The van der Waals surface area contributed by atoms with Gasteiger partial charge >= 0.3 is 0 Å². The second-order valence-electron chi connectivity index (χ2n) is 4.94. The van der Waals surface area contributed by atoms with Crippen molar-refractivity contribution in [3.8, 4) is 0 Å². The van der Waals surface area contributed by atoms with Gasteiger partial charge < -0.3 is 9.73 Å². The first-order chi connectivity index (χ1) is 9.83. The van der Waals surface area contributed by atoms with Gasteiger partial charge in [0.1, 0.15) is 11.6 Å². The van der Waals surface area contributed by atoms with E-state index in [-0.39, 0.29) is 5.91 Å². The minimum Gasteiger partial charge on any atom is -0.465 e. The van der Waals surface area contributed by atoms with Gasteiger partial charge in [0.2, 0.25) is 5.91 Å². The molecule has 1 aliphatic rings. The summed E-state index contributed by atoms with van der Waals surface area (Å²) in [7, 11) is 0. The van der Waals surface area contributed by atoms with Gasteiger partial charge in [-0.05, 0) is 31.1 Å². The molecule has 1 saturated carbocycles. The highest BCUT2D eigenvalue weighted by atomic mass is 16.3. The van der Waals surface area contributed by atoms with Crippen molar-refractivity contribution in [2.75, 3.05) is 5.32 Å². The molecule has 1 aliphatic carbocycles. The monoisotopic (exact) mass is 271 g/mol. The number of anilines is 1. The van der Waals surface area contributed by atoms with Crippen LogP contribution in [0.25, 0.3) is 6.08 Å². The number of carbonyl (C=O) groups is 1. The molecule has 5 heteroatoms. The van der Waals surface area contributed by atoms with Gasteiger partial charge in [0.25, 0.3) is 0 Å². The first-order valence-electron chi connectivity index (χ1n) is 6.89. The maximum Gasteiger partial charge on any atom is 0.249 e. The van der Waals surface area contributed by atoms with E-state index in [4.69, 9.17) is 4.42 Å². The van der Waals surface area contributed by atoms with E-state index in [9.17, 15) is 4.79 Å². The first-order valence-corrected chi connectivity index (χ1v) is 6.89. The molecule has 2 aromatic rings. The molecular weight excluding hydrogens is 254 g/mol. The Labute approximate surface area is 117 Å². The van der Waals surface area contributed by atoms with Crippen LogP contribution in [0.2, 0.25) is 0 Å². The van der Waals surface area contributed by atoms with Gasteiger partial charge in [-0.2, -0.15) is 5.10 Å². The summed E-state index contributed by atoms with van der Waals surface area (Å²) in [4.78, 5) is 11.9. The minimum absolute atomic E-state index is 0.179. The largest absolute Gasteiger partial charge is 0.465 e. The van der Waals surface area contributed by atoms with Gasteiger partial charge in [-0.3, -0.25) is 4.79 Å². The van der Waals surface area contributed by atoms with E-state index in [1.807, 2.05) is 10.7 Å². The molecule has 0 unspecified atom stereocenters. The summed E-state index contributed by atoms with van der Waals surface area (Å²) < 4.78 is 7.06. The van der Waals surface area contributed by atoms with Crippen LogP contribution in [0.1, 0.15) is 37.5 Å². The number of aromatic nitrogens is 2. The average molecular weight is 271 g/mol. The Morgan fingerprint density at radius 1 is 1.40 bits per heavy atom. The Morgan fingerprint density at radius 2 is 2.25 bits per heavy atom. The molecule has 1 amide bonds. The molecule has 0 aliphatic heterocycles. The van der Waals surface area contributed by atoms with E-state index in [1.54, 1.807) is 30.7 Å². The molecule has 3 rings (SSSR count). The van der Waals surface area contributed by atoms with E-state index in [1.165, 1.54) is 18.9 Å². The van der Waals surface area contributed by atoms with Crippen molar-refractivity contribution in [1.29, 1.82) is 0 Å².